The van der Waals surface area contributed by atoms with Crippen LogP contribution in [0.15, 0.2) is 12.5 Å². The maximum absolute atomic E-state index is 6.23. The molecule has 0 atom stereocenters. The smallest absolute Gasteiger partial charge is 0.134 e. The number of rotatable bonds is 4. The van der Waals surface area contributed by atoms with Crippen molar-refractivity contribution in [3.63, 3.8) is 0 Å². The molecule has 2 heterocycles. The Morgan fingerprint density at radius 2 is 2.32 bits per heavy atom. The first-order valence-electron chi connectivity index (χ1n) is 6.56. The van der Waals surface area contributed by atoms with E-state index in [1.807, 2.05) is 9.13 Å². The van der Waals surface area contributed by atoms with E-state index < -0.39 is 0 Å². The van der Waals surface area contributed by atoms with Gasteiger partial charge < -0.3 is 14.9 Å². The van der Waals surface area contributed by atoms with E-state index in [1.165, 1.54) is 12.8 Å². The summed E-state index contributed by atoms with van der Waals surface area (Å²) in [5.74, 6) is 4.84. The molecule has 3 rings (SSSR count). The fourth-order valence-electron chi connectivity index (χ4n) is 2.35. The van der Waals surface area contributed by atoms with Crippen molar-refractivity contribution >= 4 is 5.82 Å². The van der Waals surface area contributed by atoms with Crippen molar-refractivity contribution in [2.45, 2.75) is 38.8 Å². The Balaban J connectivity index is 2.12. The van der Waals surface area contributed by atoms with Gasteiger partial charge in [-0.15, -0.1) is 6.42 Å². The lowest BCUT2D eigenvalue weighted by Gasteiger charge is -2.05. The van der Waals surface area contributed by atoms with Gasteiger partial charge in [0.05, 0.1) is 24.8 Å². The SMILES string of the molecule is C#CCn1c(C2CC2)nc(-c2cncn2CC)c1N. The molecule has 5 heteroatoms. The van der Waals surface area contributed by atoms with Crippen LogP contribution in [0, 0.1) is 12.3 Å². The fraction of sp³-hybridized carbons (Fsp3) is 0.429. The van der Waals surface area contributed by atoms with Gasteiger partial charge in [-0.1, -0.05) is 5.92 Å². The molecular weight excluding hydrogens is 238 g/mol. The first-order chi connectivity index (χ1) is 9.26. The number of imidazole rings is 2. The molecule has 19 heavy (non-hydrogen) atoms. The summed E-state index contributed by atoms with van der Waals surface area (Å²) in [5.41, 5.74) is 7.99. The van der Waals surface area contributed by atoms with Crippen LogP contribution in [-0.2, 0) is 13.1 Å². The van der Waals surface area contributed by atoms with Gasteiger partial charge in [-0.25, -0.2) is 9.97 Å². The molecule has 0 amide bonds. The van der Waals surface area contributed by atoms with Crippen molar-refractivity contribution in [2.24, 2.45) is 0 Å². The van der Waals surface area contributed by atoms with Crippen LogP contribution in [0.3, 0.4) is 0 Å². The van der Waals surface area contributed by atoms with Crippen LogP contribution >= 0.6 is 0 Å². The number of aryl methyl sites for hydroxylation is 1. The van der Waals surface area contributed by atoms with Gasteiger partial charge in [-0.2, -0.15) is 0 Å². The second-order valence-electron chi connectivity index (χ2n) is 4.83. The summed E-state index contributed by atoms with van der Waals surface area (Å²) in [6.07, 6.45) is 11.4. The first kappa shape index (κ1) is 11.8. The molecule has 1 aliphatic carbocycles. The third-order valence-electron chi connectivity index (χ3n) is 3.52. The van der Waals surface area contributed by atoms with E-state index in [2.05, 4.69) is 17.8 Å². The summed E-state index contributed by atoms with van der Waals surface area (Å²) < 4.78 is 4.00. The summed E-state index contributed by atoms with van der Waals surface area (Å²) in [7, 11) is 0. The van der Waals surface area contributed by atoms with Crippen molar-refractivity contribution in [3.05, 3.63) is 18.3 Å². The summed E-state index contributed by atoms with van der Waals surface area (Å²) >= 11 is 0. The minimum absolute atomic E-state index is 0.477. The van der Waals surface area contributed by atoms with Crippen LogP contribution in [0.1, 0.15) is 31.5 Å². The Hall–Kier alpha value is -2.22. The van der Waals surface area contributed by atoms with Crippen molar-refractivity contribution in [1.82, 2.24) is 19.1 Å². The monoisotopic (exact) mass is 255 g/mol. The van der Waals surface area contributed by atoms with E-state index in [-0.39, 0.29) is 0 Å². The van der Waals surface area contributed by atoms with Crippen molar-refractivity contribution in [2.75, 3.05) is 5.73 Å². The highest BCUT2D eigenvalue weighted by Crippen LogP contribution is 2.42. The molecule has 1 fully saturated rings. The van der Waals surface area contributed by atoms with E-state index in [0.29, 0.717) is 18.3 Å². The van der Waals surface area contributed by atoms with Gasteiger partial charge in [-0.3, -0.25) is 0 Å². The average molecular weight is 255 g/mol. The molecule has 2 aromatic heterocycles. The summed E-state index contributed by atoms with van der Waals surface area (Å²) in [6.45, 7) is 3.39. The average Bonchev–Trinajstić information content (AvgIpc) is 3.06. The third kappa shape index (κ3) is 1.89. The number of hydrogen-bond acceptors (Lipinski definition) is 3. The summed E-state index contributed by atoms with van der Waals surface area (Å²) in [6, 6.07) is 0. The summed E-state index contributed by atoms with van der Waals surface area (Å²) in [5, 5.41) is 0. The van der Waals surface area contributed by atoms with Gasteiger partial charge in [0.25, 0.3) is 0 Å². The van der Waals surface area contributed by atoms with Gasteiger partial charge in [0.2, 0.25) is 0 Å². The molecule has 2 aromatic rings. The molecule has 1 saturated carbocycles. The Morgan fingerprint density at radius 3 is 2.95 bits per heavy atom. The second kappa shape index (κ2) is 4.47. The fourth-order valence-corrected chi connectivity index (χ4v) is 2.35. The molecule has 0 saturated heterocycles. The minimum atomic E-state index is 0.477. The first-order valence-corrected chi connectivity index (χ1v) is 6.56. The number of nitrogens with zero attached hydrogens (tertiary/aromatic N) is 4. The van der Waals surface area contributed by atoms with Gasteiger partial charge in [0, 0.05) is 12.5 Å². The van der Waals surface area contributed by atoms with Crippen LogP contribution in [-0.4, -0.2) is 19.1 Å². The van der Waals surface area contributed by atoms with E-state index in [0.717, 1.165) is 23.8 Å². The minimum Gasteiger partial charge on any atom is -0.383 e. The van der Waals surface area contributed by atoms with Crippen LogP contribution < -0.4 is 5.73 Å². The van der Waals surface area contributed by atoms with Crippen LogP contribution in [0.5, 0.6) is 0 Å². The van der Waals surface area contributed by atoms with Gasteiger partial charge >= 0.3 is 0 Å². The third-order valence-corrected chi connectivity index (χ3v) is 3.52. The number of anilines is 1. The van der Waals surface area contributed by atoms with Crippen LogP contribution in [0.25, 0.3) is 11.4 Å². The lowest BCUT2D eigenvalue weighted by atomic mass is 10.3. The molecule has 0 aromatic carbocycles. The quantitative estimate of drug-likeness (QED) is 0.848. The van der Waals surface area contributed by atoms with Crippen LogP contribution in [0.2, 0.25) is 0 Å². The second-order valence-corrected chi connectivity index (χ2v) is 4.83. The van der Waals surface area contributed by atoms with Crippen molar-refractivity contribution in [3.8, 4) is 23.7 Å². The van der Waals surface area contributed by atoms with Crippen molar-refractivity contribution < 1.29 is 0 Å². The normalized spacial score (nSPS) is 14.5. The highest BCUT2D eigenvalue weighted by atomic mass is 15.2. The van der Waals surface area contributed by atoms with Gasteiger partial charge in [-0.05, 0) is 19.8 Å². The Morgan fingerprint density at radius 1 is 1.53 bits per heavy atom. The largest absolute Gasteiger partial charge is 0.383 e. The number of nitrogen functional groups attached to an aromatic ring is 1. The Labute approximate surface area is 112 Å². The molecule has 0 radical (unpaired) electrons. The number of hydrogen-bond donors (Lipinski definition) is 1. The van der Waals surface area contributed by atoms with Crippen molar-refractivity contribution in [1.29, 1.82) is 0 Å². The van der Waals surface area contributed by atoms with E-state index in [9.17, 15) is 0 Å². The number of nitrogens with two attached hydrogens (primary N) is 1. The molecule has 0 aliphatic heterocycles. The molecule has 0 spiro atoms. The molecule has 1 aliphatic rings. The highest BCUT2D eigenvalue weighted by Gasteiger charge is 2.31. The lowest BCUT2D eigenvalue weighted by Crippen LogP contribution is -2.05. The molecule has 2 N–H and O–H groups in total. The maximum Gasteiger partial charge on any atom is 0.134 e. The number of aromatic nitrogens is 4. The standard InChI is InChI=1S/C14H17N5/c1-3-7-19-13(15)12(17-14(19)10-5-6-10)11-8-16-9-18(11)4-2/h1,8-10H,4-7,15H2,2H3. The molecule has 0 unspecified atom stereocenters. The van der Waals surface area contributed by atoms with E-state index >= 15 is 0 Å². The molecule has 5 nitrogen and oxygen atoms in total. The molecular formula is C14H17N5. The van der Waals surface area contributed by atoms with E-state index in [4.69, 9.17) is 17.1 Å². The zero-order valence-corrected chi connectivity index (χ0v) is 11.0. The highest BCUT2D eigenvalue weighted by molar-refractivity contribution is 5.68. The zero-order valence-electron chi connectivity index (χ0n) is 11.0. The summed E-state index contributed by atoms with van der Waals surface area (Å²) in [4.78, 5) is 8.90. The zero-order chi connectivity index (χ0) is 13.4. The van der Waals surface area contributed by atoms with Crippen LogP contribution in [0.4, 0.5) is 5.82 Å². The predicted molar refractivity (Wildman–Crippen MR) is 74.3 cm³/mol. The molecule has 0 bridgehead atoms. The maximum atomic E-state index is 6.23. The topological polar surface area (TPSA) is 61.7 Å². The Bertz CT molecular complexity index is 639. The Kier molecular flexibility index (Phi) is 2.79. The van der Waals surface area contributed by atoms with E-state index in [1.54, 1.807) is 12.5 Å². The molecule has 98 valence electrons. The lowest BCUT2D eigenvalue weighted by molar-refractivity contribution is 0.761. The number of terminal acetylenes is 1. The van der Waals surface area contributed by atoms with Gasteiger partial charge in [0.15, 0.2) is 0 Å². The van der Waals surface area contributed by atoms with Gasteiger partial charge in [0.1, 0.15) is 17.3 Å². The predicted octanol–water partition coefficient (Wildman–Crippen LogP) is 1.86.